The van der Waals surface area contributed by atoms with Crippen molar-refractivity contribution in [2.24, 2.45) is 0 Å². The molecule has 0 aliphatic heterocycles. The summed E-state index contributed by atoms with van der Waals surface area (Å²) in [6, 6.07) is 57.8. The molecule has 0 atom stereocenters. The molecule has 6 heterocycles. The van der Waals surface area contributed by atoms with Crippen LogP contribution < -0.4 is 0 Å². The van der Waals surface area contributed by atoms with Gasteiger partial charge in [0.2, 0.25) is 0 Å². The quantitative estimate of drug-likeness (QED) is 0.163. The fourth-order valence-corrected chi connectivity index (χ4v) is 8.23. The second kappa shape index (κ2) is 13.4. The fraction of sp³-hybridized carbons (Fsp3) is 0.0392. The van der Waals surface area contributed by atoms with E-state index in [1.807, 2.05) is 77.5 Å². The van der Waals surface area contributed by atoms with E-state index in [9.17, 15) is 5.26 Å². The molecule has 274 valence electrons. The minimum atomic E-state index is 0.634. The van der Waals surface area contributed by atoms with Crippen molar-refractivity contribution in [2.45, 2.75) is 13.3 Å². The number of hydrogen-bond acceptors (Lipinski definition) is 3. The maximum absolute atomic E-state index is 9.58. The monoisotopic (exact) mass is 745 g/mol. The van der Waals surface area contributed by atoms with Crippen molar-refractivity contribution in [3.63, 3.8) is 0 Å². The van der Waals surface area contributed by atoms with Crippen LogP contribution in [0.25, 0.3) is 89.5 Å². The first-order valence-corrected chi connectivity index (χ1v) is 19.5. The maximum atomic E-state index is 9.58. The molecule has 6 aromatic heterocycles. The topological polar surface area (TPSA) is 68.2 Å². The normalized spacial score (nSPS) is 11.6. The van der Waals surface area contributed by atoms with Crippen molar-refractivity contribution in [3.8, 4) is 62.5 Å². The van der Waals surface area contributed by atoms with E-state index in [4.69, 9.17) is 9.97 Å². The number of aromatic nitrogens is 6. The zero-order valence-corrected chi connectivity index (χ0v) is 31.7. The van der Waals surface area contributed by atoms with Crippen molar-refractivity contribution in [2.75, 3.05) is 0 Å². The Labute approximate surface area is 334 Å². The number of aryl methyl sites for hydroxylation is 1. The van der Waals surface area contributed by atoms with E-state index in [1.54, 1.807) is 0 Å². The molecule has 0 bridgehead atoms. The van der Waals surface area contributed by atoms with E-state index in [-0.39, 0.29) is 0 Å². The van der Waals surface area contributed by atoms with Crippen LogP contribution in [0.5, 0.6) is 0 Å². The zero-order valence-electron chi connectivity index (χ0n) is 31.7. The Bertz CT molecular complexity index is 3280. The molecule has 0 unspecified atom stereocenters. The summed E-state index contributed by atoms with van der Waals surface area (Å²) in [4.78, 5) is 9.74. The Balaban J connectivity index is 1.09. The molecule has 0 spiro atoms. The van der Waals surface area contributed by atoms with E-state index in [0.29, 0.717) is 5.56 Å². The molecule has 0 aliphatic carbocycles. The minimum absolute atomic E-state index is 0.634. The highest BCUT2D eigenvalue weighted by Gasteiger charge is 2.19. The lowest BCUT2D eigenvalue weighted by Gasteiger charge is -2.13. The van der Waals surface area contributed by atoms with Gasteiger partial charge in [0, 0.05) is 58.1 Å². The van der Waals surface area contributed by atoms with Crippen molar-refractivity contribution in [1.29, 1.82) is 5.26 Å². The van der Waals surface area contributed by atoms with E-state index in [2.05, 4.69) is 136 Å². The highest BCUT2D eigenvalue weighted by Crippen LogP contribution is 2.39. The van der Waals surface area contributed by atoms with Gasteiger partial charge in [-0.15, -0.1) is 0 Å². The molecule has 0 fully saturated rings. The van der Waals surface area contributed by atoms with Gasteiger partial charge >= 0.3 is 0 Å². The molecule has 0 aliphatic rings. The minimum Gasteiger partial charge on any atom is -0.309 e. The number of imidazole rings is 2. The SMILES string of the molecule is CCc1ccc(-c2cc3cc4c(cc(-c5ccc(C#N)cc5)n4-c4ccc(-c5cn6ccccc6n5)cc4)cc3n2-c2ccc(-c3cn4ccccc4n3)cc2)cc1. The highest BCUT2D eigenvalue weighted by molar-refractivity contribution is 6.02. The van der Waals surface area contributed by atoms with Gasteiger partial charge in [-0.1, -0.05) is 79.7 Å². The molecule has 0 radical (unpaired) electrons. The molecular weight excluding hydrogens is 711 g/mol. The van der Waals surface area contributed by atoms with Crippen LogP contribution in [0.2, 0.25) is 0 Å². The predicted molar refractivity (Wildman–Crippen MR) is 233 cm³/mol. The second-order valence-electron chi connectivity index (χ2n) is 14.7. The molecule has 7 nitrogen and oxygen atoms in total. The summed E-state index contributed by atoms with van der Waals surface area (Å²) in [5.41, 5.74) is 16.5. The number of nitrogens with zero attached hydrogens (tertiary/aromatic N) is 7. The number of pyridine rings is 2. The lowest BCUT2D eigenvalue weighted by Crippen LogP contribution is -1.98. The van der Waals surface area contributed by atoms with Gasteiger partial charge in [0.05, 0.1) is 45.4 Å². The van der Waals surface area contributed by atoms with Crippen molar-refractivity contribution < 1.29 is 0 Å². The largest absolute Gasteiger partial charge is 0.309 e. The van der Waals surface area contributed by atoms with Gasteiger partial charge < -0.3 is 17.9 Å². The summed E-state index contributed by atoms with van der Waals surface area (Å²) in [7, 11) is 0. The van der Waals surface area contributed by atoms with E-state index in [1.165, 1.54) is 5.56 Å². The average molecular weight is 746 g/mol. The molecule has 0 amide bonds. The maximum Gasteiger partial charge on any atom is 0.137 e. The van der Waals surface area contributed by atoms with Crippen LogP contribution >= 0.6 is 0 Å². The number of hydrogen-bond donors (Lipinski definition) is 0. The van der Waals surface area contributed by atoms with Gasteiger partial charge in [0.15, 0.2) is 0 Å². The highest BCUT2D eigenvalue weighted by atomic mass is 15.0. The second-order valence-corrected chi connectivity index (χ2v) is 14.7. The van der Waals surface area contributed by atoms with Crippen LogP contribution in [0, 0.1) is 11.3 Å². The van der Waals surface area contributed by atoms with Gasteiger partial charge in [-0.2, -0.15) is 5.26 Å². The Hall–Kier alpha value is -7.95. The molecule has 11 rings (SSSR count). The number of nitriles is 1. The van der Waals surface area contributed by atoms with Crippen LogP contribution in [0.3, 0.4) is 0 Å². The Kier molecular flexibility index (Phi) is 7.69. The van der Waals surface area contributed by atoms with Crippen molar-refractivity contribution in [1.82, 2.24) is 27.9 Å². The molecule has 0 N–H and O–H groups in total. The first-order chi connectivity index (χ1) is 28.6. The van der Waals surface area contributed by atoms with Gasteiger partial charge in [-0.25, -0.2) is 9.97 Å². The molecular formula is C51H35N7. The Morgan fingerprint density at radius 1 is 0.500 bits per heavy atom. The summed E-state index contributed by atoms with van der Waals surface area (Å²) in [6.45, 7) is 2.19. The third-order valence-electron chi connectivity index (χ3n) is 11.3. The first-order valence-electron chi connectivity index (χ1n) is 19.5. The van der Waals surface area contributed by atoms with Crippen LogP contribution in [-0.4, -0.2) is 27.9 Å². The summed E-state index contributed by atoms with van der Waals surface area (Å²) >= 11 is 0. The van der Waals surface area contributed by atoms with E-state index >= 15 is 0 Å². The van der Waals surface area contributed by atoms with E-state index < -0.39 is 0 Å². The summed E-state index contributed by atoms with van der Waals surface area (Å²) < 4.78 is 8.82. The molecule has 0 saturated carbocycles. The third kappa shape index (κ3) is 5.58. The average Bonchev–Trinajstić information content (AvgIpc) is 4.08. The molecule has 58 heavy (non-hydrogen) atoms. The number of rotatable bonds is 7. The van der Waals surface area contributed by atoms with Crippen LogP contribution in [0.15, 0.2) is 183 Å². The molecule has 7 heteroatoms. The van der Waals surface area contributed by atoms with Crippen molar-refractivity contribution in [3.05, 3.63) is 194 Å². The van der Waals surface area contributed by atoms with Crippen LogP contribution in [-0.2, 0) is 6.42 Å². The molecule has 0 saturated heterocycles. The summed E-state index contributed by atoms with van der Waals surface area (Å²) in [5, 5.41) is 11.8. The summed E-state index contributed by atoms with van der Waals surface area (Å²) in [5.74, 6) is 0. The lowest BCUT2D eigenvalue weighted by atomic mass is 10.1. The number of fused-ring (bicyclic) bond motifs is 4. The fourth-order valence-electron chi connectivity index (χ4n) is 8.23. The lowest BCUT2D eigenvalue weighted by molar-refractivity contribution is 1.12. The molecule has 11 aromatic rings. The van der Waals surface area contributed by atoms with Crippen LogP contribution in [0.4, 0.5) is 0 Å². The Morgan fingerprint density at radius 2 is 0.948 bits per heavy atom. The van der Waals surface area contributed by atoms with Gasteiger partial charge in [0.25, 0.3) is 0 Å². The third-order valence-corrected chi connectivity index (χ3v) is 11.3. The van der Waals surface area contributed by atoms with Crippen LogP contribution in [0.1, 0.15) is 18.1 Å². The molecule has 5 aromatic carbocycles. The van der Waals surface area contributed by atoms with Gasteiger partial charge in [0.1, 0.15) is 11.3 Å². The Morgan fingerprint density at radius 3 is 1.38 bits per heavy atom. The van der Waals surface area contributed by atoms with Gasteiger partial charge in [-0.05, 0) is 108 Å². The van der Waals surface area contributed by atoms with E-state index in [0.717, 1.165) is 95.9 Å². The number of benzene rings is 5. The predicted octanol–water partition coefficient (Wildman–Crippen LogP) is 12.0. The summed E-state index contributed by atoms with van der Waals surface area (Å²) in [6.07, 6.45) is 9.19. The first kappa shape index (κ1) is 33.4. The standard InChI is InChI=1S/C51H35N7/c1-2-34-9-13-38(14-10-34)46-27-40-29-49-41(30-48(40)57(46)42-21-17-36(18-22-42)44-32-55-25-5-3-7-50(55)53-44)28-47(39-15-11-35(31-52)12-16-39)58(49)43-23-19-37(20-24-43)45-33-56-26-6-4-8-51(56)54-45/h3-30,32-33H,2H2,1H3. The van der Waals surface area contributed by atoms with Gasteiger partial charge in [-0.3, -0.25) is 0 Å². The zero-order chi connectivity index (χ0) is 38.7. The smallest absolute Gasteiger partial charge is 0.137 e. The van der Waals surface area contributed by atoms with Crippen molar-refractivity contribution >= 4 is 33.1 Å².